The van der Waals surface area contributed by atoms with Gasteiger partial charge in [0.05, 0.1) is 6.33 Å². The number of H-pyrrole nitrogens is 1. The third-order valence-electron chi connectivity index (χ3n) is 4.18. The number of hydrogen-bond donors (Lipinski definition) is 3. The molecule has 2 fully saturated rings. The maximum absolute atomic E-state index is 12.0. The van der Waals surface area contributed by atoms with Crippen LogP contribution in [0.5, 0.6) is 0 Å². The first-order chi connectivity index (χ1) is 11.9. The molecule has 4 N–H and O–H groups in total. The number of anilines is 1. The van der Waals surface area contributed by atoms with E-state index in [1.807, 2.05) is 0 Å². The smallest absolute Gasteiger partial charge is 0.280 e. The molecule has 25 heavy (non-hydrogen) atoms. The summed E-state index contributed by atoms with van der Waals surface area (Å²) < 4.78 is 19.5. The van der Waals surface area contributed by atoms with Crippen LogP contribution in [0.25, 0.3) is 11.2 Å². The number of fused-ring (bicyclic) bond motifs is 2. The molecule has 0 aromatic carbocycles. The van der Waals surface area contributed by atoms with E-state index in [1.165, 1.54) is 6.33 Å². The first kappa shape index (κ1) is 15.8. The zero-order valence-corrected chi connectivity index (χ0v) is 13.5. The Labute approximate surface area is 140 Å². The van der Waals surface area contributed by atoms with Crippen molar-refractivity contribution in [2.24, 2.45) is 5.11 Å². The Kier molecular flexibility index (Phi) is 3.44. The van der Waals surface area contributed by atoms with Crippen molar-refractivity contribution in [3.05, 3.63) is 16.7 Å². The van der Waals surface area contributed by atoms with E-state index >= 15 is 0 Å². The van der Waals surface area contributed by atoms with E-state index in [-0.39, 0.29) is 18.0 Å². The lowest BCUT2D eigenvalue weighted by atomic mass is 10.1. The highest BCUT2D eigenvalue weighted by Crippen LogP contribution is 2.43. The lowest BCUT2D eigenvalue weighted by Crippen LogP contribution is -2.31. The third kappa shape index (κ3) is 2.51. The van der Waals surface area contributed by atoms with Crippen molar-refractivity contribution >= 4 is 17.1 Å². The number of imidazole rings is 1. The molecule has 4 heterocycles. The molecule has 12 nitrogen and oxygen atoms in total. The molecule has 2 aromatic rings. The second kappa shape index (κ2) is 5.43. The number of ether oxygens (including phenoxy) is 3. The molecule has 4 rings (SSSR count). The topological polar surface area (TPSA) is 168 Å². The summed E-state index contributed by atoms with van der Waals surface area (Å²) in [7, 11) is 0. The van der Waals surface area contributed by atoms with Crippen molar-refractivity contribution in [3.8, 4) is 0 Å². The summed E-state index contributed by atoms with van der Waals surface area (Å²) in [5.41, 5.74) is 12.5. The summed E-state index contributed by atoms with van der Waals surface area (Å²) in [5, 5.41) is 3.68. The molecule has 2 aliphatic heterocycles. The lowest BCUT2D eigenvalue weighted by molar-refractivity contribution is -0.195. The Bertz CT molecular complexity index is 930. The molecule has 0 spiro atoms. The Morgan fingerprint density at radius 2 is 2.24 bits per heavy atom. The summed E-state index contributed by atoms with van der Waals surface area (Å²) in [6.07, 6.45) is -0.487. The zero-order chi connectivity index (χ0) is 17.8. The molecule has 0 aliphatic carbocycles. The van der Waals surface area contributed by atoms with E-state index in [9.17, 15) is 4.79 Å². The molecule has 0 bridgehead atoms. The van der Waals surface area contributed by atoms with Gasteiger partial charge in [-0.1, -0.05) is 0 Å². The molecule has 4 atom stereocenters. The molecule has 132 valence electrons. The van der Waals surface area contributed by atoms with Crippen molar-refractivity contribution in [3.63, 3.8) is 0 Å². The van der Waals surface area contributed by atoms with Crippen molar-refractivity contribution in [1.29, 1.82) is 5.53 Å². The Balaban J connectivity index is 1.77. The fourth-order valence-electron chi connectivity index (χ4n) is 3.28. The zero-order valence-electron chi connectivity index (χ0n) is 13.5. The van der Waals surface area contributed by atoms with Gasteiger partial charge >= 0.3 is 0 Å². The number of aromatic nitrogens is 4. The van der Waals surface area contributed by atoms with Crippen LogP contribution in [-0.2, 0) is 14.2 Å². The summed E-state index contributed by atoms with van der Waals surface area (Å²) in [6.45, 7) is 3.76. The second-order valence-electron chi connectivity index (χ2n) is 6.33. The van der Waals surface area contributed by atoms with E-state index < -0.39 is 35.9 Å². The number of nitrogens with two attached hydrogens (primary N) is 1. The number of hydrogen-bond acceptors (Lipinski definition) is 9. The summed E-state index contributed by atoms with van der Waals surface area (Å²) >= 11 is 0. The first-order valence-corrected chi connectivity index (χ1v) is 7.66. The van der Waals surface area contributed by atoms with E-state index in [4.69, 9.17) is 25.5 Å². The number of nitrogens with zero attached hydrogens (tertiary/aromatic N) is 5. The second-order valence-corrected chi connectivity index (χ2v) is 6.33. The Hall–Kier alpha value is -2.66. The van der Waals surface area contributed by atoms with Crippen molar-refractivity contribution in [2.75, 3.05) is 12.3 Å². The van der Waals surface area contributed by atoms with E-state index in [1.54, 1.807) is 18.4 Å². The van der Waals surface area contributed by atoms with Gasteiger partial charge in [0.25, 0.3) is 5.56 Å². The first-order valence-electron chi connectivity index (χ1n) is 7.66. The molecular formula is C13H17N8O4+. The van der Waals surface area contributed by atoms with Crippen LogP contribution in [-0.4, -0.2) is 50.2 Å². The average molecular weight is 349 g/mol. The predicted molar refractivity (Wildman–Crippen MR) is 82.4 cm³/mol. The molecule has 0 radical (unpaired) electrons. The van der Waals surface area contributed by atoms with E-state index in [0.29, 0.717) is 5.65 Å². The van der Waals surface area contributed by atoms with Gasteiger partial charge in [0.1, 0.15) is 29.0 Å². The molecular weight excluding hydrogens is 332 g/mol. The molecule has 0 amide bonds. The number of aromatic amines is 1. The van der Waals surface area contributed by atoms with Crippen molar-refractivity contribution in [1.82, 2.24) is 24.4 Å². The van der Waals surface area contributed by atoms with Crippen LogP contribution < -0.4 is 16.2 Å². The lowest BCUT2D eigenvalue weighted by Gasteiger charge is -2.23. The highest BCUT2D eigenvalue weighted by molar-refractivity contribution is 5.70. The fraction of sp³-hybridized carbons (Fsp3) is 0.615. The molecule has 0 saturated carbocycles. The van der Waals surface area contributed by atoms with Crippen LogP contribution in [0, 0.1) is 5.53 Å². The van der Waals surface area contributed by atoms with Crippen LogP contribution in [0.3, 0.4) is 0 Å². The molecule has 2 saturated heterocycles. The van der Waals surface area contributed by atoms with Gasteiger partial charge in [-0.2, -0.15) is 4.98 Å². The number of nitrogens with one attached hydrogen (secondary N) is 2. The Morgan fingerprint density at radius 3 is 3.00 bits per heavy atom. The van der Waals surface area contributed by atoms with Gasteiger partial charge < -0.3 is 19.9 Å². The SMILES string of the molecule is CC1(C)OC2C(CN=[N+]=N)OC(n3cnc4c(=O)[nH]c(N)nc43)C2O1. The van der Waals surface area contributed by atoms with Gasteiger partial charge in [-0.25, -0.2) is 4.98 Å². The summed E-state index contributed by atoms with van der Waals surface area (Å²) in [4.78, 5) is 25.6. The van der Waals surface area contributed by atoms with Gasteiger partial charge in [-0.05, 0) is 13.8 Å². The maximum atomic E-state index is 12.0. The largest absolute Gasteiger partial charge is 0.369 e. The summed E-state index contributed by atoms with van der Waals surface area (Å²) in [6, 6.07) is 0. The van der Waals surface area contributed by atoms with E-state index in [2.05, 4.69) is 25.0 Å². The average Bonchev–Trinajstić information content (AvgIpc) is 3.16. The van der Waals surface area contributed by atoms with Crippen LogP contribution in [0.15, 0.2) is 16.2 Å². The van der Waals surface area contributed by atoms with Crippen molar-refractivity contribution < 1.29 is 14.2 Å². The predicted octanol–water partition coefficient (Wildman–Crippen LogP) is -0.330. The quantitative estimate of drug-likeness (QED) is 0.503. The molecule has 2 aliphatic rings. The van der Waals surface area contributed by atoms with Gasteiger partial charge in [-0.15, -0.1) is 0 Å². The third-order valence-corrected chi connectivity index (χ3v) is 4.18. The highest BCUT2D eigenvalue weighted by atomic mass is 16.8. The van der Waals surface area contributed by atoms with Gasteiger partial charge in [-0.3, -0.25) is 14.3 Å². The minimum Gasteiger partial charge on any atom is -0.369 e. The minimum absolute atomic E-state index is 0.0164. The van der Waals surface area contributed by atoms with Crippen LogP contribution in [0.4, 0.5) is 5.95 Å². The monoisotopic (exact) mass is 349 g/mol. The van der Waals surface area contributed by atoms with Gasteiger partial charge in [0.2, 0.25) is 10.9 Å². The fourth-order valence-corrected chi connectivity index (χ4v) is 3.28. The van der Waals surface area contributed by atoms with Crippen molar-refractivity contribution in [2.45, 2.75) is 44.2 Å². The maximum Gasteiger partial charge on any atom is 0.280 e. The molecule has 12 heteroatoms. The molecule has 2 aromatic heterocycles. The van der Waals surface area contributed by atoms with Gasteiger partial charge in [0, 0.05) is 0 Å². The summed E-state index contributed by atoms with van der Waals surface area (Å²) in [5.74, 6) is -0.814. The van der Waals surface area contributed by atoms with E-state index in [0.717, 1.165) is 0 Å². The van der Waals surface area contributed by atoms with Crippen LogP contribution in [0.2, 0.25) is 0 Å². The van der Waals surface area contributed by atoms with Gasteiger partial charge in [0.15, 0.2) is 29.7 Å². The normalized spacial score (nSPS) is 30.3. The number of nitrogen functional groups attached to an aromatic ring is 1. The van der Waals surface area contributed by atoms with Crippen LogP contribution in [0.1, 0.15) is 20.1 Å². The highest BCUT2D eigenvalue weighted by Gasteiger charge is 2.56. The standard InChI is InChI=1S/C13H16N8O4/c1-13(2)24-7-5(3-17-20-15)23-11(8(7)25-13)21-4-16-6-9(21)18-12(14)19-10(6)22/h4-5,7-8,11,15H,3H2,1-2H3,(H2-,14,18,19,22)/p+1. The number of rotatable bonds is 3. The van der Waals surface area contributed by atoms with Crippen LogP contribution >= 0.6 is 0 Å². The minimum atomic E-state index is -0.798. The molecule has 4 unspecified atom stereocenters. The Morgan fingerprint density at radius 1 is 1.48 bits per heavy atom.